The predicted octanol–water partition coefficient (Wildman–Crippen LogP) is 4.12. The van der Waals surface area contributed by atoms with Crippen LogP contribution >= 0.6 is 15.9 Å². The SMILES string of the molecule is Cc1[c]c(Br)nc(OC(F)(C(F)(F)F)C(F)(F)F)c1. The van der Waals surface area contributed by atoms with E-state index in [2.05, 4.69) is 31.7 Å². The van der Waals surface area contributed by atoms with Gasteiger partial charge in [-0.3, -0.25) is 0 Å². The van der Waals surface area contributed by atoms with E-state index in [-0.39, 0.29) is 10.2 Å². The Kier molecular flexibility index (Phi) is 4.04. The van der Waals surface area contributed by atoms with Gasteiger partial charge in [0.25, 0.3) is 0 Å². The topological polar surface area (TPSA) is 22.1 Å². The summed E-state index contributed by atoms with van der Waals surface area (Å²) in [5, 5.41) is 0. The molecule has 0 saturated carbocycles. The van der Waals surface area contributed by atoms with E-state index in [1.165, 1.54) is 6.92 Å². The third-order valence-corrected chi connectivity index (χ3v) is 2.20. The molecular formula is C9H4BrF7NO. The number of hydrogen-bond donors (Lipinski definition) is 0. The molecule has 0 N–H and O–H groups in total. The first-order valence-electron chi connectivity index (χ1n) is 4.44. The molecule has 1 aromatic heterocycles. The lowest BCUT2D eigenvalue weighted by Crippen LogP contribution is -2.57. The fraction of sp³-hybridized carbons (Fsp3) is 0.444. The van der Waals surface area contributed by atoms with Crippen molar-refractivity contribution in [1.82, 2.24) is 4.98 Å². The maximum absolute atomic E-state index is 13.2. The summed E-state index contributed by atoms with van der Waals surface area (Å²) in [5.41, 5.74) is 0.114. The summed E-state index contributed by atoms with van der Waals surface area (Å²) in [6, 6.07) is 3.11. The fourth-order valence-corrected chi connectivity index (χ4v) is 1.50. The van der Waals surface area contributed by atoms with Crippen molar-refractivity contribution in [3.8, 4) is 5.88 Å². The molecule has 0 aliphatic heterocycles. The van der Waals surface area contributed by atoms with Crippen molar-refractivity contribution in [2.45, 2.75) is 25.1 Å². The highest BCUT2D eigenvalue weighted by Crippen LogP contribution is 2.47. The van der Waals surface area contributed by atoms with E-state index < -0.39 is 24.1 Å². The van der Waals surface area contributed by atoms with Crippen LogP contribution in [0.25, 0.3) is 0 Å². The van der Waals surface area contributed by atoms with Gasteiger partial charge in [-0.05, 0) is 28.4 Å². The van der Waals surface area contributed by atoms with Gasteiger partial charge in [-0.25, -0.2) is 4.98 Å². The molecule has 0 bridgehead atoms. The molecule has 0 fully saturated rings. The standard InChI is InChI=1S/C9H4BrF7NO/c1-4-2-5(10)18-6(3-4)19-7(11,8(12,13)14)9(15,16)17/h3H,1H3. The molecule has 1 rings (SSSR count). The molecule has 0 aliphatic rings. The van der Waals surface area contributed by atoms with E-state index in [0.717, 1.165) is 0 Å². The van der Waals surface area contributed by atoms with Crippen LogP contribution in [0.5, 0.6) is 5.88 Å². The zero-order valence-corrected chi connectivity index (χ0v) is 10.5. The third kappa shape index (κ3) is 3.28. The molecule has 2 nitrogen and oxygen atoms in total. The fourth-order valence-electron chi connectivity index (χ4n) is 1.01. The van der Waals surface area contributed by atoms with Gasteiger partial charge in [0.1, 0.15) is 4.60 Å². The minimum Gasteiger partial charge on any atom is -0.426 e. The van der Waals surface area contributed by atoms with E-state index in [4.69, 9.17) is 0 Å². The lowest BCUT2D eigenvalue weighted by Gasteiger charge is -2.29. The maximum Gasteiger partial charge on any atom is 0.470 e. The summed E-state index contributed by atoms with van der Waals surface area (Å²) in [7, 11) is 0. The highest BCUT2D eigenvalue weighted by molar-refractivity contribution is 9.10. The molecular weight excluding hydrogens is 351 g/mol. The second-order valence-electron chi connectivity index (χ2n) is 3.39. The summed E-state index contributed by atoms with van der Waals surface area (Å²) in [5.74, 6) is -7.00. The molecule has 0 amide bonds. The monoisotopic (exact) mass is 354 g/mol. The van der Waals surface area contributed by atoms with Crippen molar-refractivity contribution >= 4 is 15.9 Å². The molecule has 0 atom stereocenters. The van der Waals surface area contributed by atoms with Crippen LogP contribution in [-0.4, -0.2) is 23.2 Å². The first-order chi connectivity index (χ1) is 8.37. The number of alkyl halides is 7. The van der Waals surface area contributed by atoms with Crippen molar-refractivity contribution in [1.29, 1.82) is 0 Å². The quantitative estimate of drug-likeness (QED) is 0.588. The first kappa shape index (κ1) is 16.0. The molecule has 0 saturated heterocycles. The van der Waals surface area contributed by atoms with Crippen LogP contribution in [0, 0.1) is 13.0 Å². The van der Waals surface area contributed by atoms with Crippen molar-refractivity contribution in [2.24, 2.45) is 0 Å². The van der Waals surface area contributed by atoms with E-state index in [9.17, 15) is 30.7 Å². The molecule has 107 valence electrons. The Morgan fingerprint density at radius 1 is 1.11 bits per heavy atom. The van der Waals surface area contributed by atoms with E-state index in [0.29, 0.717) is 6.07 Å². The Balaban J connectivity index is 3.23. The average molecular weight is 355 g/mol. The van der Waals surface area contributed by atoms with E-state index >= 15 is 0 Å². The normalized spacial score (nSPS) is 13.5. The molecule has 0 aliphatic carbocycles. The third-order valence-electron chi connectivity index (χ3n) is 1.82. The summed E-state index contributed by atoms with van der Waals surface area (Å²) >= 11 is 2.69. The van der Waals surface area contributed by atoms with E-state index in [1.54, 1.807) is 0 Å². The van der Waals surface area contributed by atoms with Crippen molar-refractivity contribution in [3.63, 3.8) is 0 Å². The molecule has 0 unspecified atom stereocenters. The summed E-state index contributed by atoms with van der Waals surface area (Å²) in [6.07, 6.45) is -12.6. The van der Waals surface area contributed by atoms with Gasteiger partial charge in [0, 0.05) is 12.1 Å². The number of aromatic nitrogens is 1. The first-order valence-corrected chi connectivity index (χ1v) is 5.24. The van der Waals surface area contributed by atoms with Crippen LogP contribution in [0.4, 0.5) is 30.7 Å². The Bertz CT molecular complexity index is 436. The van der Waals surface area contributed by atoms with Gasteiger partial charge in [0.2, 0.25) is 5.88 Å². The maximum atomic E-state index is 13.2. The smallest absolute Gasteiger partial charge is 0.426 e. The van der Waals surface area contributed by atoms with Gasteiger partial charge in [-0.2, -0.15) is 30.7 Å². The highest BCUT2D eigenvalue weighted by Gasteiger charge is 2.76. The van der Waals surface area contributed by atoms with Gasteiger partial charge < -0.3 is 4.74 Å². The van der Waals surface area contributed by atoms with Gasteiger partial charge >= 0.3 is 18.2 Å². The van der Waals surface area contributed by atoms with Crippen LogP contribution in [0.2, 0.25) is 0 Å². The second-order valence-corrected chi connectivity index (χ2v) is 4.14. The molecule has 0 spiro atoms. The Morgan fingerprint density at radius 2 is 1.58 bits per heavy atom. The summed E-state index contributed by atoms with van der Waals surface area (Å²) in [4.78, 5) is 3.14. The molecule has 19 heavy (non-hydrogen) atoms. The minimum atomic E-state index is -6.30. The molecule has 1 radical (unpaired) electrons. The number of halogens is 8. The molecule has 0 aromatic carbocycles. The Hall–Kier alpha value is -1.06. The Morgan fingerprint density at radius 3 is 1.95 bits per heavy atom. The average Bonchev–Trinajstić information content (AvgIpc) is 2.11. The van der Waals surface area contributed by atoms with E-state index in [1.807, 2.05) is 0 Å². The highest BCUT2D eigenvalue weighted by atomic mass is 79.9. The van der Waals surface area contributed by atoms with Crippen LogP contribution in [0.15, 0.2) is 10.7 Å². The van der Waals surface area contributed by atoms with Crippen molar-refractivity contribution < 1.29 is 35.5 Å². The lowest BCUT2D eigenvalue weighted by atomic mass is 10.2. The van der Waals surface area contributed by atoms with Gasteiger partial charge in [0.05, 0.1) is 0 Å². The number of hydrogen-bond acceptors (Lipinski definition) is 2. The lowest BCUT2D eigenvalue weighted by molar-refractivity contribution is -0.406. The van der Waals surface area contributed by atoms with Gasteiger partial charge in [-0.1, -0.05) is 0 Å². The van der Waals surface area contributed by atoms with Crippen LogP contribution in [-0.2, 0) is 0 Å². The van der Waals surface area contributed by atoms with Gasteiger partial charge in [-0.15, -0.1) is 0 Å². The largest absolute Gasteiger partial charge is 0.470 e. The molecule has 10 heteroatoms. The zero-order chi connectivity index (χ0) is 15.1. The summed E-state index contributed by atoms with van der Waals surface area (Å²) in [6.45, 7) is 1.31. The number of aryl methyl sites for hydroxylation is 1. The summed E-state index contributed by atoms with van der Waals surface area (Å²) < 4.78 is 89.7. The second kappa shape index (κ2) is 4.80. The number of ether oxygens (including phenoxy) is 1. The Labute approximate surface area is 110 Å². The predicted molar refractivity (Wildman–Crippen MR) is 52.1 cm³/mol. The van der Waals surface area contributed by atoms with Crippen LogP contribution in [0.1, 0.15) is 5.56 Å². The van der Waals surface area contributed by atoms with Crippen LogP contribution in [0.3, 0.4) is 0 Å². The van der Waals surface area contributed by atoms with Gasteiger partial charge in [0.15, 0.2) is 0 Å². The number of pyridine rings is 1. The van der Waals surface area contributed by atoms with Crippen LogP contribution < -0.4 is 4.74 Å². The molecule has 1 aromatic rings. The number of rotatable bonds is 2. The van der Waals surface area contributed by atoms with Crippen molar-refractivity contribution in [2.75, 3.05) is 0 Å². The minimum absolute atomic E-state index is 0.114. The zero-order valence-electron chi connectivity index (χ0n) is 8.96. The number of nitrogens with zero attached hydrogens (tertiary/aromatic N) is 1. The molecule has 1 heterocycles. The van der Waals surface area contributed by atoms with Crippen molar-refractivity contribution in [3.05, 3.63) is 22.3 Å².